The van der Waals surface area contributed by atoms with Gasteiger partial charge in [-0.25, -0.2) is 0 Å². The first-order valence-electron chi connectivity index (χ1n) is 5.51. The van der Waals surface area contributed by atoms with E-state index in [-0.39, 0.29) is 6.04 Å². The maximum Gasteiger partial charge on any atom is 0.122 e. The second kappa shape index (κ2) is 6.26. The van der Waals surface area contributed by atoms with E-state index in [0.717, 1.165) is 27.9 Å². The maximum atomic E-state index is 5.38. The van der Waals surface area contributed by atoms with Crippen LogP contribution in [0.1, 0.15) is 17.3 Å². The smallest absolute Gasteiger partial charge is 0.122 e. The van der Waals surface area contributed by atoms with Gasteiger partial charge in [0.25, 0.3) is 0 Å². The van der Waals surface area contributed by atoms with Gasteiger partial charge in [-0.1, -0.05) is 15.9 Å². The molecule has 0 amide bonds. The Bertz CT molecular complexity index is 504. The quantitative estimate of drug-likeness (QED) is 0.917. The summed E-state index contributed by atoms with van der Waals surface area (Å²) < 4.78 is 14.7. The van der Waals surface area contributed by atoms with E-state index in [2.05, 4.69) is 36.1 Å². The number of aromatic nitrogens is 2. The Balaban J connectivity index is 2.24. The molecule has 1 aromatic carbocycles. The molecule has 0 spiro atoms. The van der Waals surface area contributed by atoms with Crippen molar-refractivity contribution in [2.24, 2.45) is 0 Å². The lowest BCUT2D eigenvalue weighted by atomic mass is 10.0. The third kappa shape index (κ3) is 3.07. The van der Waals surface area contributed by atoms with Gasteiger partial charge in [-0.15, -0.1) is 0 Å². The van der Waals surface area contributed by atoms with Crippen LogP contribution in [0.2, 0.25) is 0 Å². The second-order valence-corrected chi connectivity index (χ2v) is 5.31. The zero-order valence-corrected chi connectivity index (χ0v) is 12.6. The van der Waals surface area contributed by atoms with Crippen LogP contribution in [0, 0.1) is 0 Å². The average Bonchev–Trinajstić information content (AvgIpc) is 2.90. The Labute approximate surface area is 119 Å². The molecule has 1 N–H and O–H groups in total. The van der Waals surface area contributed by atoms with E-state index >= 15 is 0 Å². The minimum Gasteiger partial charge on any atom is -0.496 e. The summed E-state index contributed by atoms with van der Waals surface area (Å²) in [6.45, 7) is 0. The number of rotatable bonds is 5. The van der Waals surface area contributed by atoms with E-state index in [9.17, 15) is 0 Å². The van der Waals surface area contributed by atoms with Crippen molar-refractivity contribution in [3.8, 4) is 5.75 Å². The number of nitrogens with one attached hydrogen (secondary N) is 1. The number of halogens is 1. The molecule has 0 saturated carbocycles. The van der Waals surface area contributed by atoms with Crippen molar-refractivity contribution in [2.75, 3.05) is 14.2 Å². The Morgan fingerprint density at radius 3 is 2.94 bits per heavy atom. The molecule has 0 aliphatic carbocycles. The molecule has 0 aliphatic rings. The lowest BCUT2D eigenvalue weighted by Gasteiger charge is -2.16. The second-order valence-electron chi connectivity index (χ2n) is 3.83. The van der Waals surface area contributed by atoms with E-state index < -0.39 is 0 Å². The van der Waals surface area contributed by atoms with E-state index in [4.69, 9.17) is 4.74 Å². The van der Waals surface area contributed by atoms with Gasteiger partial charge in [-0.2, -0.15) is 8.75 Å². The number of nitrogens with zero attached hydrogens (tertiary/aromatic N) is 2. The standard InChI is InChI=1S/C12H14BrN3OS/c1-14-10(11-7-15-18-16-11)6-8-5-9(13)3-4-12(8)17-2/h3-5,7,10,14H,6H2,1-2H3. The fraction of sp³-hybridized carbons (Fsp3) is 0.333. The molecule has 0 bridgehead atoms. The summed E-state index contributed by atoms with van der Waals surface area (Å²) in [6.07, 6.45) is 2.61. The molecule has 2 rings (SSSR count). The van der Waals surface area contributed by atoms with Crippen molar-refractivity contribution in [2.45, 2.75) is 12.5 Å². The van der Waals surface area contributed by atoms with Gasteiger partial charge >= 0.3 is 0 Å². The number of hydrogen-bond acceptors (Lipinski definition) is 5. The Kier molecular flexibility index (Phi) is 4.68. The Morgan fingerprint density at radius 1 is 1.50 bits per heavy atom. The van der Waals surface area contributed by atoms with Gasteiger partial charge in [0.1, 0.15) is 5.75 Å². The summed E-state index contributed by atoms with van der Waals surface area (Å²) in [6, 6.07) is 6.15. The van der Waals surface area contributed by atoms with Crippen LogP contribution < -0.4 is 10.1 Å². The molecular weight excluding hydrogens is 314 g/mol. The molecule has 6 heteroatoms. The summed E-state index contributed by atoms with van der Waals surface area (Å²) in [5.41, 5.74) is 2.10. The van der Waals surface area contributed by atoms with Gasteiger partial charge in [-0.3, -0.25) is 0 Å². The SMILES string of the molecule is CNC(Cc1cc(Br)ccc1OC)c1cnsn1. The van der Waals surface area contributed by atoms with Crippen molar-refractivity contribution >= 4 is 27.7 Å². The summed E-state index contributed by atoms with van der Waals surface area (Å²) in [7, 11) is 3.61. The summed E-state index contributed by atoms with van der Waals surface area (Å²) in [4.78, 5) is 0. The van der Waals surface area contributed by atoms with Crippen molar-refractivity contribution in [3.05, 3.63) is 40.1 Å². The monoisotopic (exact) mass is 327 g/mol. The molecule has 0 saturated heterocycles. The molecule has 1 unspecified atom stereocenters. The van der Waals surface area contributed by atoms with Gasteiger partial charge in [-0.05, 0) is 37.2 Å². The highest BCUT2D eigenvalue weighted by atomic mass is 79.9. The van der Waals surface area contributed by atoms with Crippen LogP contribution in [0.25, 0.3) is 0 Å². The van der Waals surface area contributed by atoms with Crippen molar-refractivity contribution in [1.29, 1.82) is 0 Å². The highest BCUT2D eigenvalue weighted by Gasteiger charge is 2.15. The van der Waals surface area contributed by atoms with Crippen molar-refractivity contribution in [1.82, 2.24) is 14.1 Å². The highest BCUT2D eigenvalue weighted by molar-refractivity contribution is 9.10. The van der Waals surface area contributed by atoms with Crippen LogP contribution in [-0.4, -0.2) is 22.9 Å². The third-order valence-corrected chi connectivity index (χ3v) is 3.74. The van der Waals surface area contributed by atoms with Crippen molar-refractivity contribution < 1.29 is 4.74 Å². The van der Waals surface area contributed by atoms with E-state index in [0.29, 0.717) is 0 Å². The van der Waals surface area contributed by atoms with Crippen LogP contribution in [0.3, 0.4) is 0 Å². The number of likely N-dealkylation sites (N-methyl/N-ethyl adjacent to an activating group) is 1. The predicted octanol–water partition coefficient (Wildman–Crippen LogP) is 2.81. The molecule has 0 radical (unpaired) electrons. The lowest BCUT2D eigenvalue weighted by molar-refractivity contribution is 0.406. The number of methoxy groups -OCH3 is 1. The third-order valence-electron chi connectivity index (χ3n) is 2.75. The molecule has 18 heavy (non-hydrogen) atoms. The van der Waals surface area contributed by atoms with Gasteiger partial charge in [0.2, 0.25) is 0 Å². The number of hydrogen-bond donors (Lipinski definition) is 1. The molecule has 1 aromatic heterocycles. The maximum absolute atomic E-state index is 5.38. The van der Waals surface area contributed by atoms with Crippen LogP contribution in [-0.2, 0) is 6.42 Å². The van der Waals surface area contributed by atoms with Crippen LogP contribution >= 0.6 is 27.7 Å². The fourth-order valence-corrected chi connectivity index (χ4v) is 2.69. The zero-order chi connectivity index (χ0) is 13.0. The first-order valence-corrected chi connectivity index (χ1v) is 7.04. The summed E-state index contributed by atoms with van der Waals surface area (Å²) in [5.74, 6) is 0.890. The number of ether oxygens (including phenoxy) is 1. The lowest BCUT2D eigenvalue weighted by Crippen LogP contribution is -2.19. The largest absolute Gasteiger partial charge is 0.496 e. The molecule has 0 aliphatic heterocycles. The van der Waals surface area contributed by atoms with E-state index in [1.807, 2.05) is 19.2 Å². The van der Waals surface area contributed by atoms with E-state index in [1.54, 1.807) is 13.3 Å². The first kappa shape index (κ1) is 13.5. The summed E-state index contributed by atoms with van der Waals surface area (Å²) >= 11 is 4.71. The highest BCUT2D eigenvalue weighted by Crippen LogP contribution is 2.27. The molecule has 1 atom stereocenters. The van der Waals surface area contributed by atoms with Crippen molar-refractivity contribution in [3.63, 3.8) is 0 Å². The molecule has 96 valence electrons. The Hall–Kier alpha value is -0.980. The van der Waals surface area contributed by atoms with Gasteiger partial charge in [0.15, 0.2) is 0 Å². The Morgan fingerprint density at radius 2 is 2.33 bits per heavy atom. The minimum atomic E-state index is 0.145. The normalized spacial score (nSPS) is 12.4. The fourth-order valence-electron chi connectivity index (χ4n) is 1.81. The minimum absolute atomic E-state index is 0.145. The van der Waals surface area contributed by atoms with E-state index in [1.165, 1.54) is 11.7 Å². The first-order chi connectivity index (χ1) is 8.74. The van der Waals surface area contributed by atoms with Gasteiger partial charge < -0.3 is 10.1 Å². The molecule has 2 aromatic rings. The average molecular weight is 328 g/mol. The predicted molar refractivity (Wildman–Crippen MR) is 76.1 cm³/mol. The topological polar surface area (TPSA) is 47.0 Å². The van der Waals surface area contributed by atoms with Crippen LogP contribution in [0.4, 0.5) is 0 Å². The van der Waals surface area contributed by atoms with Crippen LogP contribution in [0.5, 0.6) is 5.75 Å². The molecule has 1 heterocycles. The molecule has 4 nitrogen and oxygen atoms in total. The van der Waals surface area contributed by atoms with Gasteiger partial charge in [0, 0.05) is 4.47 Å². The molecular formula is C12H14BrN3OS. The summed E-state index contributed by atoms with van der Waals surface area (Å²) in [5, 5.41) is 3.26. The van der Waals surface area contributed by atoms with Crippen LogP contribution in [0.15, 0.2) is 28.9 Å². The zero-order valence-electron chi connectivity index (χ0n) is 10.2. The van der Waals surface area contributed by atoms with Gasteiger partial charge in [0.05, 0.1) is 36.8 Å². The number of benzene rings is 1. The molecule has 0 fully saturated rings.